The van der Waals surface area contributed by atoms with Crippen molar-refractivity contribution in [1.29, 1.82) is 0 Å². The molecule has 0 spiro atoms. The SMILES string of the molecule is COc1cc(-c2c(Cl)n[nH]c2-c2ccc(S(=O)(=O)COC(C)=O)cc2)ccc1Cl. The van der Waals surface area contributed by atoms with Crippen molar-refractivity contribution < 1.29 is 22.7 Å². The predicted octanol–water partition coefficient (Wildman–Crippen LogP) is 4.35. The molecule has 0 saturated carbocycles. The van der Waals surface area contributed by atoms with Gasteiger partial charge in [-0.2, -0.15) is 5.10 Å². The lowest BCUT2D eigenvalue weighted by atomic mass is 10.0. The van der Waals surface area contributed by atoms with Gasteiger partial charge in [-0.3, -0.25) is 9.89 Å². The monoisotopic (exact) mass is 454 g/mol. The normalized spacial score (nSPS) is 11.3. The fourth-order valence-corrected chi connectivity index (χ4v) is 4.11. The molecule has 7 nitrogen and oxygen atoms in total. The first-order valence-corrected chi connectivity index (χ1v) is 10.7. The molecule has 0 aliphatic heterocycles. The number of halogens is 2. The minimum absolute atomic E-state index is 0.0304. The van der Waals surface area contributed by atoms with Gasteiger partial charge in [0, 0.05) is 18.1 Å². The predicted molar refractivity (Wildman–Crippen MR) is 110 cm³/mol. The van der Waals surface area contributed by atoms with Gasteiger partial charge in [-0.1, -0.05) is 41.4 Å². The second kappa shape index (κ2) is 8.44. The molecule has 3 aromatic rings. The Hall–Kier alpha value is -2.55. The average Bonchev–Trinajstić information content (AvgIpc) is 3.08. The van der Waals surface area contributed by atoms with E-state index in [1.807, 2.05) is 0 Å². The Bertz CT molecular complexity index is 1160. The van der Waals surface area contributed by atoms with Crippen LogP contribution in [0.25, 0.3) is 22.4 Å². The minimum atomic E-state index is -3.75. The van der Waals surface area contributed by atoms with E-state index in [1.54, 1.807) is 30.3 Å². The summed E-state index contributed by atoms with van der Waals surface area (Å²) in [4.78, 5) is 10.9. The summed E-state index contributed by atoms with van der Waals surface area (Å²) in [5.41, 5.74) is 2.62. The van der Waals surface area contributed by atoms with E-state index in [0.717, 1.165) is 12.5 Å². The van der Waals surface area contributed by atoms with Crippen molar-refractivity contribution in [1.82, 2.24) is 10.2 Å². The van der Waals surface area contributed by atoms with Crippen LogP contribution in [-0.2, 0) is 19.4 Å². The van der Waals surface area contributed by atoms with Crippen LogP contribution in [-0.4, -0.2) is 37.6 Å². The van der Waals surface area contributed by atoms with Gasteiger partial charge in [0.05, 0.1) is 22.7 Å². The third-order valence-electron chi connectivity index (χ3n) is 4.08. The van der Waals surface area contributed by atoms with Crippen LogP contribution in [0.3, 0.4) is 0 Å². The lowest BCUT2D eigenvalue weighted by Crippen LogP contribution is -2.12. The Morgan fingerprint density at radius 2 is 1.76 bits per heavy atom. The van der Waals surface area contributed by atoms with E-state index in [1.165, 1.54) is 19.2 Å². The molecule has 0 bridgehead atoms. The molecule has 0 amide bonds. The summed E-state index contributed by atoms with van der Waals surface area (Å²) >= 11 is 12.4. The average molecular weight is 455 g/mol. The Balaban J connectivity index is 1.98. The first kappa shape index (κ1) is 21.2. The maximum Gasteiger partial charge on any atom is 0.303 e. The van der Waals surface area contributed by atoms with Crippen LogP contribution >= 0.6 is 23.2 Å². The first-order valence-electron chi connectivity index (χ1n) is 8.27. The number of benzene rings is 2. The van der Waals surface area contributed by atoms with Crippen molar-refractivity contribution in [2.24, 2.45) is 0 Å². The highest BCUT2D eigenvalue weighted by Gasteiger charge is 2.19. The summed E-state index contributed by atoms with van der Waals surface area (Å²) in [6, 6.07) is 11.3. The number of hydrogen-bond acceptors (Lipinski definition) is 6. The molecule has 0 aliphatic carbocycles. The number of aromatic amines is 1. The van der Waals surface area contributed by atoms with Gasteiger partial charge in [0.1, 0.15) is 5.75 Å². The van der Waals surface area contributed by atoms with E-state index < -0.39 is 21.7 Å². The lowest BCUT2D eigenvalue weighted by Gasteiger charge is -2.09. The van der Waals surface area contributed by atoms with Crippen molar-refractivity contribution >= 4 is 39.0 Å². The van der Waals surface area contributed by atoms with Gasteiger partial charge in [0.25, 0.3) is 0 Å². The Labute approximate surface area is 177 Å². The van der Waals surface area contributed by atoms with Crippen molar-refractivity contribution in [3.8, 4) is 28.1 Å². The summed E-state index contributed by atoms with van der Waals surface area (Å²) in [7, 11) is -2.24. The van der Waals surface area contributed by atoms with E-state index in [2.05, 4.69) is 14.9 Å². The van der Waals surface area contributed by atoms with Gasteiger partial charge in [0.15, 0.2) is 11.1 Å². The van der Waals surface area contributed by atoms with Gasteiger partial charge in [-0.25, -0.2) is 8.42 Å². The lowest BCUT2D eigenvalue weighted by molar-refractivity contribution is -0.138. The molecular formula is C19H16Cl2N2O5S. The standard InChI is InChI=1S/C19H16Cl2N2O5S/c1-11(24)28-10-29(25,26)14-6-3-12(4-7-14)18-17(19(21)23-22-18)13-5-8-15(20)16(9-13)27-2/h3-9H,10H2,1-2H3,(H,22,23). The van der Waals surface area contributed by atoms with Crippen molar-refractivity contribution in [3.63, 3.8) is 0 Å². The van der Waals surface area contributed by atoms with Crippen molar-refractivity contribution in [2.75, 3.05) is 13.0 Å². The van der Waals surface area contributed by atoms with E-state index in [0.29, 0.717) is 27.6 Å². The molecule has 152 valence electrons. The number of nitrogens with zero attached hydrogens (tertiary/aromatic N) is 1. The van der Waals surface area contributed by atoms with Crippen molar-refractivity contribution in [2.45, 2.75) is 11.8 Å². The molecule has 0 aliphatic rings. The summed E-state index contributed by atoms with van der Waals surface area (Å²) in [5, 5.41) is 7.63. The van der Waals surface area contributed by atoms with Crippen LogP contribution in [0.4, 0.5) is 0 Å². The number of carbonyl (C=O) groups excluding carboxylic acids is 1. The van der Waals surface area contributed by atoms with Gasteiger partial charge in [-0.15, -0.1) is 0 Å². The highest BCUT2D eigenvalue weighted by molar-refractivity contribution is 7.91. The van der Waals surface area contributed by atoms with E-state index >= 15 is 0 Å². The molecule has 2 aromatic carbocycles. The van der Waals surface area contributed by atoms with Crippen LogP contribution < -0.4 is 4.74 Å². The van der Waals surface area contributed by atoms with Gasteiger partial charge in [-0.05, 0) is 29.8 Å². The molecule has 0 saturated heterocycles. The smallest absolute Gasteiger partial charge is 0.303 e. The number of H-pyrrole nitrogens is 1. The zero-order valence-corrected chi connectivity index (χ0v) is 17.7. The zero-order chi connectivity index (χ0) is 21.2. The molecule has 0 fully saturated rings. The number of aromatic nitrogens is 2. The summed E-state index contributed by atoms with van der Waals surface area (Å²) in [6.45, 7) is 1.15. The highest BCUT2D eigenvalue weighted by Crippen LogP contribution is 2.39. The molecule has 0 unspecified atom stereocenters. The summed E-state index contributed by atoms with van der Waals surface area (Å²) in [5.74, 6) is -0.896. The van der Waals surface area contributed by atoms with Crippen LogP contribution in [0.5, 0.6) is 5.75 Å². The Morgan fingerprint density at radius 3 is 2.38 bits per heavy atom. The molecule has 0 radical (unpaired) electrons. The van der Waals surface area contributed by atoms with E-state index in [4.69, 9.17) is 27.9 Å². The third kappa shape index (κ3) is 4.55. The van der Waals surface area contributed by atoms with E-state index in [-0.39, 0.29) is 10.0 Å². The Morgan fingerprint density at radius 1 is 1.10 bits per heavy atom. The quantitative estimate of drug-likeness (QED) is 0.555. The number of carbonyl (C=O) groups is 1. The molecule has 10 heteroatoms. The Kier molecular flexibility index (Phi) is 6.16. The fourth-order valence-electron chi connectivity index (χ4n) is 2.67. The second-order valence-corrected chi connectivity index (χ2v) is 8.71. The molecule has 29 heavy (non-hydrogen) atoms. The van der Waals surface area contributed by atoms with Gasteiger partial charge < -0.3 is 9.47 Å². The molecule has 1 heterocycles. The number of nitrogens with one attached hydrogen (secondary N) is 1. The van der Waals surface area contributed by atoms with Crippen molar-refractivity contribution in [3.05, 3.63) is 52.6 Å². The van der Waals surface area contributed by atoms with Crippen LogP contribution in [0.2, 0.25) is 10.2 Å². The largest absolute Gasteiger partial charge is 0.495 e. The summed E-state index contributed by atoms with van der Waals surface area (Å²) < 4.78 is 34.3. The molecule has 0 atom stereocenters. The number of hydrogen-bond donors (Lipinski definition) is 1. The molecule has 3 rings (SSSR count). The number of esters is 1. The number of ether oxygens (including phenoxy) is 2. The molecular weight excluding hydrogens is 439 g/mol. The molecule has 1 aromatic heterocycles. The second-order valence-electron chi connectivity index (χ2n) is 6.01. The maximum absolute atomic E-state index is 12.2. The van der Waals surface area contributed by atoms with Gasteiger partial charge in [0.2, 0.25) is 9.84 Å². The van der Waals surface area contributed by atoms with Crippen LogP contribution in [0.15, 0.2) is 47.4 Å². The third-order valence-corrected chi connectivity index (χ3v) is 6.09. The zero-order valence-electron chi connectivity index (χ0n) is 15.4. The highest BCUT2D eigenvalue weighted by atomic mass is 35.5. The van der Waals surface area contributed by atoms with E-state index in [9.17, 15) is 13.2 Å². The number of methoxy groups -OCH3 is 1. The molecule has 1 N–H and O–H groups in total. The minimum Gasteiger partial charge on any atom is -0.495 e. The topological polar surface area (TPSA) is 98.3 Å². The first-order chi connectivity index (χ1) is 13.7. The number of rotatable bonds is 6. The van der Waals surface area contributed by atoms with Crippen LogP contribution in [0.1, 0.15) is 6.92 Å². The van der Waals surface area contributed by atoms with Crippen LogP contribution in [0, 0.1) is 0 Å². The number of sulfone groups is 1. The summed E-state index contributed by atoms with van der Waals surface area (Å²) in [6.07, 6.45) is 0. The van der Waals surface area contributed by atoms with Gasteiger partial charge >= 0.3 is 5.97 Å². The maximum atomic E-state index is 12.2. The fraction of sp³-hybridized carbons (Fsp3) is 0.158.